The summed E-state index contributed by atoms with van der Waals surface area (Å²) in [5.41, 5.74) is 3.22. The molecule has 0 fully saturated rings. The monoisotopic (exact) mass is 435 g/mol. The van der Waals surface area contributed by atoms with Crippen LogP contribution in [-0.2, 0) is 9.59 Å². The Morgan fingerprint density at radius 2 is 1.62 bits per heavy atom. The van der Waals surface area contributed by atoms with Crippen LogP contribution >= 0.6 is 0 Å². The number of anilines is 1. The van der Waals surface area contributed by atoms with Crippen LogP contribution in [0.5, 0.6) is 11.5 Å². The zero-order valence-corrected chi connectivity index (χ0v) is 16.9. The van der Waals surface area contributed by atoms with Crippen LogP contribution in [0.15, 0.2) is 77.9 Å². The van der Waals surface area contributed by atoms with E-state index in [0.717, 1.165) is 12.1 Å². The summed E-state index contributed by atoms with van der Waals surface area (Å²) in [4.78, 5) is 35.9. The zero-order chi connectivity index (χ0) is 22.9. The molecule has 9 heteroatoms. The van der Waals surface area contributed by atoms with Gasteiger partial charge in [0.2, 0.25) is 0 Å². The van der Waals surface area contributed by atoms with Gasteiger partial charge in [0.05, 0.1) is 18.9 Å². The molecule has 0 saturated heterocycles. The summed E-state index contributed by atoms with van der Waals surface area (Å²) in [6.45, 7) is 0. The van der Waals surface area contributed by atoms with Crippen molar-refractivity contribution in [2.24, 2.45) is 5.10 Å². The first-order valence-electron chi connectivity index (χ1n) is 9.31. The highest BCUT2D eigenvalue weighted by atomic mass is 19.1. The van der Waals surface area contributed by atoms with E-state index in [9.17, 15) is 18.8 Å². The summed E-state index contributed by atoms with van der Waals surface area (Å²) < 4.78 is 23.3. The van der Waals surface area contributed by atoms with Gasteiger partial charge in [0.1, 0.15) is 17.3 Å². The summed E-state index contributed by atoms with van der Waals surface area (Å²) in [6, 6.07) is 17.8. The Bertz CT molecular complexity index is 1150. The first-order valence-corrected chi connectivity index (χ1v) is 9.31. The van der Waals surface area contributed by atoms with E-state index >= 15 is 0 Å². The zero-order valence-electron chi connectivity index (χ0n) is 16.9. The Kier molecular flexibility index (Phi) is 7.26. The molecule has 0 aromatic heterocycles. The number of carbonyl (C=O) groups excluding carboxylic acids is 3. The number of carbonyl (C=O) groups is 3. The van der Waals surface area contributed by atoms with Gasteiger partial charge in [-0.1, -0.05) is 12.1 Å². The van der Waals surface area contributed by atoms with Crippen molar-refractivity contribution in [1.82, 2.24) is 5.43 Å². The SMILES string of the molecule is COc1ccc(C(=O)Oc2cccc(/C=N\NC(=O)C(=O)Nc3ccc(F)cc3)c2)cc1. The highest BCUT2D eigenvalue weighted by Gasteiger charge is 2.13. The summed E-state index contributed by atoms with van der Waals surface area (Å²) in [6.07, 6.45) is 1.29. The third-order valence-corrected chi connectivity index (χ3v) is 4.08. The van der Waals surface area contributed by atoms with Crippen LogP contribution < -0.4 is 20.2 Å². The summed E-state index contributed by atoms with van der Waals surface area (Å²) in [7, 11) is 1.53. The number of nitrogens with zero attached hydrogens (tertiary/aromatic N) is 1. The quantitative estimate of drug-likeness (QED) is 0.203. The van der Waals surface area contributed by atoms with Crippen LogP contribution in [0.4, 0.5) is 10.1 Å². The second-order valence-corrected chi connectivity index (χ2v) is 6.35. The number of ether oxygens (including phenoxy) is 2. The molecule has 2 N–H and O–H groups in total. The average Bonchev–Trinajstić information content (AvgIpc) is 2.80. The normalized spacial score (nSPS) is 10.4. The van der Waals surface area contributed by atoms with Crippen molar-refractivity contribution in [2.45, 2.75) is 0 Å². The predicted molar refractivity (Wildman–Crippen MR) is 115 cm³/mol. The second kappa shape index (κ2) is 10.5. The minimum atomic E-state index is -1.01. The molecule has 0 heterocycles. The molecule has 3 aromatic rings. The first kappa shape index (κ1) is 22.2. The maximum absolute atomic E-state index is 12.9. The van der Waals surface area contributed by atoms with Crippen molar-refractivity contribution in [2.75, 3.05) is 12.4 Å². The van der Waals surface area contributed by atoms with Gasteiger partial charge in [0.15, 0.2) is 0 Å². The van der Waals surface area contributed by atoms with E-state index in [-0.39, 0.29) is 11.4 Å². The number of esters is 1. The molecule has 0 aliphatic carbocycles. The number of amides is 2. The van der Waals surface area contributed by atoms with E-state index in [0.29, 0.717) is 16.9 Å². The van der Waals surface area contributed by atoms with Crippen molar-refractivity contribution in [1.29, 1.82) is 0 Å². The summed E-state index contributed by atoms with van der Waals surface area (Å²) >= 11 is 0. The maximum Gasteiger partial charge on any atom is 0.343 e. The number of benzene rings is 3. The maximum atomic E-state index is 12.9. The number of halogens is 1. The number of hydrogen-bond donors (Lipinski definition) is 2. The van der Waals surface area contributed by atoms with Crippen LogP contribution in [0.25, 0.3) is 0 Å². The molecule has 0 aliphatic heterocycles. The van der Waals surface area contributed by atoms with E-state index in [2.05, 4.69) is 15.8 Å². The van der Waals surface area contributed by atoms with Gasteiger partial charge in [-0.25, -0.2) is 14.6 Å². The summed E-state index contributed by atoms with van der Waals surface area (Å²) in [5.74, 6) is -2.09. The van der Waals surface area contributed by atoms with Crippen LogP contribution in [-0.4, -0.2) is 31.1 Å². The van der Waals surface area contributed by atoms with E-state index < -0.39 is 23.6 Å². The smallest absolute Gasteiger partial charge is 0.343 e. The molecule has 0 spiro atoms. The molecule has 3 rings (SSSR count). The Balaban J connectivity index is 1.55. The van der Waals surface area contributed by atoms with E-state index in [1.165, 1.54) is 31.5 Å². The number of hydrazone groups is 1. The van der Waals surface area contributed by atoms with Gasteiger partial charge in [-0.05, 0) is 66.2 Å². The fraction of sp³-hybridized carbons (Fsp3) is 0.0435. The number of nitrogens with one attached hydrogen (secondary N) is 2. The second-order valence-electron chi connectivity index (χ2n) is 6.35. The molecular formula is C23H18FN3O5. The lowest BCUT2D eigenvalue weighted by Gasteiger charge is -2.06. The van der Waals surface area contributed by atoms with Crippen LogP contribution in [0.1, 0.15) is 15.9 Å². The van der Waals surface area contributed by atoms with Crippen molar-refractivity contribution >= 4 is 29.7 Å². The lowest BCUT2D eigenvalue weighted by Crippen LogP contribution is -2.32. The molecule has 0 radical (unpaired) electrons. The standard InChI is InChI=1S/C23H18FN3O5/c1-31-19-11-5-16(6-12-19)23(30)32-20-4-2-3-15(13-20)14-25-27-22(29)21(28)26-18-9-7-17(24)8-10-18/h2-14H,1H3,(H,26,28)(H,27,29)/b25-14-. The number of methoxy groups -OCH3 is 1. The molecule has 0 saturated carbocycles. The Morgan fingerprint density at radius 1 is 0.906 bits per heavy atom. The van der Waals surface area contributed by atoms with Gasteiger partial charge in [-0.3, -0.25) is 9.59 Å². The van der Waals surface area contributed by atoms with E-state index in [4.69, 9.17) is 9.47 Å². The highest BCUT2D eigenvalue weighted by molar-refractivity contribution is 6.39. The third-order valence-electron chi connectivity index (χ3n) is 4.08. The molecule has 32 heavy (non-hydrogen) atoms. The molecule has 0 bridgehead atoms. The molecule has 0 unspecified atom stereocenters. The molecular weight excluding hydrogens is 417 g/mol. The molecule has 0 atom stereocenters. The lowest BCUT2D eigenvalue weighted by atomic mass is 10.2. The van der Waals surface area contributed by atoms with Crippen molar-refractivity contribution < 1.29 is 28.2 Å². The Labute approximate surface area is 182 Å². The first-order chi connectivity index (χ1) is 15.4. The van der Waals surface area contributed by atoms with Crippen LogP contribution in [0.2, 0.25) is 0 Å². The molecule has 2 amide bonds. The Morgan fingerprint density at radius 3 is 2.31 bits per heavy atom. The van der Waals surface area contributed by atoms with Gasteiger partial charge in [-0.2, -0.15) is 5.10 Å². The van der Waals surface area contributed by atoms with Gasteiger partial charge in [-0.15, -0.1) is 0 Å². The average molecular weight is 435 g/mol. The highest BCUT2D eigenvalue weighted by Crippen LogP contribution is 2.16. The van der Waals surface area contributed by atoms with Crippen LogP contribution in [0, 0.1) is 5.82 Å². The van der Waals surface area contributed by atoms with Crippen molar-refractivity contribution in [3.05, 3.63) is 89.7 Å². The summed E-state index contributed by atoms with van der Waals surface area (Å²) in [5, 5.41) is 6.03. The molecule has 3 aromatic carbocycles. The van der Waals surface area contributed by atoms with Crippen molar-refractivity contribution in [3.63, 3.8) is 0 Å². The van der Waals surface area contributed by atoms with Gasteiger partial charge < -0.3 is 14.8 Å². The number of rotatable bonds is 6. The third kappa shape index (κ3) is 6.23. The van der Waals surface area contributed by atoms with E-state index in [1.54, 1.807) is 42.5 Å². The van der Waals surface area contributed by atoms with Gasteiger partial charge in [0, 0.05) is 5.69 Å². The van der Waals surface area contributed by atoms with Gasteiger partial charge >= 0.3 is 17.8 Å². The topological polar surface area (TPSA) is 106 Å². The largest absolute Gasteiger partial charge is 0.497 e. The molecule has 0 aliphatic rings. The minimum absolute atomic E-state index is 0.266. The Hall–Kier alpha value is -4.53. The number of hydrogen-bond acceptors (Lipinski definition) is 6. The fourth-order valence-corrected chi connectivity index (χ4v) is 2.49. The predicted octanol–water partition coefficient (Wildman–Crippen LogP) is 3.14. The van der Waals surface area contributed by atoms with Gasteiger partial charge in [0.25, 0.3) is 0 Å². The van der Waals surface area contributed by atoms with E-state index in [1.807, 2.05) is 0 Å². The fourth-order valence-electron chi connectivity index (χ4n) is 2.49. The minimum Gasteiger partial charge on any atom is -0.497 e. The lowest BCUT2D eigenvalue weighted by molar-refractivity contribution is -0.136. The molecule has 8 nitrogen and oxygen atoms in total. The van der Waals surface area contributed by atoms with Crippen molar-refractivity contribution in [3.8, 4) is 11.5 Å². The van der Waals surface area contributed by atoms with Crippen LogP contribution in [0.3, 0.4) is 0 Å². The molecule has 162 valence electrons.